The Labute approximate surface area is 123 Å². The van der Waals surface area contributed by atoms with Crippen molar-refractivity contribution in [3.63, 3.8) is 0 Å². The molecule has 19 heavy (non-hydrogen) atoms. The highest BCUT2D eigenvalue weighted by molar-refractivity contribution is 9.10. The third-order valence-electron chi connectivity index (χ3n) is 4.57. The lowest BCUT2D eigenvalue weighted by atomic mass is 9.77. The summed E-state index contributed by atoms with van der Waals surface area (Å²) < 4.78 is 7.25. The van der Waals surface area contributed by atoms with Crippen LogP contribution in [0.15, 0.2) is 22.7 Å². The van der Waals surface area contributed by atoms with E-state index in [1.807, 2.05) is 0 Å². The van der Waals surface area contributed by atoms with E-state index in [0.717, 1.165) is 23.1 Å². The van der Waals surface area contributed by atoms with Crippen LogP contribution in [0.25, 0.3) is 0 Å². The molecule has 104 valence electrons. The fraction of sp³-hybridized carbons (Fsp3) is 0.625. The monoisotopic (exact) mass is 323 g/mol. The van der Waals surface area contributed by atoms with Crippen LogP contribution in [0.5, 0.6) is 5.75 Å². The molecule has 0 heterocycles. The second kappa shape index (κ2) is 5.45. The van der Waals surface area contributed by atoms with Crippen molar-refractivity contribution in [3.05, 3.63) is 28.2 Å². The first-order chi connectivity index (χ1) is 9.17. The zero-order valence-electron chi connectivity index (χ0n) is 11.3. The normalized spacial score (nSPS) is 22.8. The molecule has 1 aromatic rings. The number of rotatable bonds is 3. The van der Waals surface area contributed by atoms with Gasteiger partial charge in [0, 0.05) is 15.6 Å². The number of hydrogen-bond donors (Lipinski definition) is 1. The Kier molecular flexibility index (Phi) is 3.86. The van der Waals surface area contributed by atoms with E-state index in [9.17, 15) is 0 Å². The zero-order valence-corrected chi connectivity index (χ0v) is 12.9. The first kappa shape index (κ1) is 13.4. The van der Waals surface area contributed by atoms with Gasteiger partial charge in [0.15, 0.2) is 0 Å². The lowest BCUT2D eigenvalue weighted by Crippen LogP contribution is -2.39. The van der Waals surface area contributed by atoms with Crippen LogP contribution in [0.3, 0.4) is 0 Å². The molecule has 0 radical (unpaired) electrons. The van der Waals surface area contributed by atoms with Crippen molar-refractivity contribution in [1.29, 1.82) is 0 Å². The Balaban J connectivity index is 1.90. The van der Waals surface area contributed by atoms with Gasteiger partial charge >= 0.3 is 0 Å². The molecular formula is C16H22BrNO. The van der Waals surface area contributed by atoms with E-state index in [2.05, 4.69) is 34.1 Å². The van der Waals surface area contributed by atoms with E-state index in [1.54, 1.807) is 0 Å². The van der Waals surface area contributed by atoms with Crippen LogP contribution in [-0.4, -0.2) is 6.10 Å². The van der Waals surface area contributed by atoms with E-state index in [4.69, 9.17) is 10.5 Å². The Hall–Kier alpha value is -0.540. The first-order valence-electron chi connectivity index (χ1n) is 7.43. The molecule has 3 rings (SSSR count). The van der Waals surface area contributed by atoms with Gasteiger partial charge in [-0.15, -0.1) is 0 Å². The Morgan fingerprint density at radius 2 is 1.84 bits per heavy atom. The average molecular weight is 324 g/mol. The summed E-state index contributed by atoms with van der Waals surface area (Å²) in [6, 6.07) is 6.31. The minimum Gasteiger partial charge on any atom is -0.490 e. The van der Waals surface area contributed by atoms with Crippen molar-refractivity contribution in [2.24, 2.45) is 5.73 Å². The highest BCUT2D eigenvalue weighted by atomic mass is 79.9. The summed E-state index contributed by atoms with van der Waals surface area (Å²) in [5.74, 6) is 1.01. The van der Waals surface area contributed by atoms with Gasteiger partial charge in [0.2, 0.25) is 0 Å². The number of ether oxygens (including phenoxy) is 1. The van der Waals surface area contributed by atoms with E-state index < -0.39 is 0 Å². The molecule has 0 saturated heterocycles. The van der Waals surface area contributed by atoms with Crippen molar-refractivity contribution in [3.8, 4) is 5.75 Å². The van der Waals surface area contributed by atoms with Crippen molar-refractivity contribution >= 4 is 15.9 Å². The molecule has 2 aliphatic carbocycles. The SMILES string of the molecule is NC1(c2cc(Br)ccc2OC2CCC2)CCCCC1. The maximum absolute atomic E-state index is 6.68. The quantitative estimate of drug-likeness (QED) is 0.888. The van der Waals surface area contributed by atoms with Crippen LogP contribution < -0.4 is 10.5 Å². The van der Waals surface area contributed by atoms with Gasteiger partial charge in [-0.05, 0) is 50.3 Å². The maximum Gasteiger partial charge on any atom is 0.124 e. The molecule has 0 spiro atoms. The lowest BCUT2D eigenvalue weighted by Gasteiger charge is -2.36. The van der Waals surface area contributed by atoms with Crippen molar-refractivity contribution < 1.29 is 4.74 Å². The Bertz CT molecular complexity index is 450. The summed E-state index contributed by atoms with van der Waals surface area (Å²) in [4.78, 5) is 0. The minimum atomic E-state index is -0.193. The number of hydrogen-bond acceptors (Lipinski definition) is 2. The maximum atomic E-state index is 6.68. The summed E-state index contributed by atoms with van der Waals surface area (Å²) in [7, 11) is 0. The van der Waals surface area contributed by atoms with Crippen molar-refractivity contribution in [2.75, 3.05) is 0 Å². The van der Waals surface area contributed by atoms with Gasteiger partial charge in [0.05, 0.1) is 6.10 Å². The van der Waals surface area contributed by atoms with Gasteiger partial charge in [-0.3, -0.25) is 0 Å². The van der Waals surface area contributed by atoms with Crippen molar-refractivity contribution in [2.45, 2.75) is 63.0 Å². The van der Waals surface area contributed by atoms with Crippen LogP contribution in [0.2, 0.25) is 0 Å². The molecule has 0 amide bonds. The second-order valence-corrected chi connectivity index (χ2v) is 6.94. The largest absolute Gasteiger partial charge is 0.490 e. The smallest absolute Gasteiger partial charge is 0.124 e. The summed E-state index contributed by atoms with van der Waals surface area (Å²) in [5.41, 5.74) is 7.69. The van der Waals surface area contributed by atoms with Crippen LogP contribution in [0.4, 0.5) is 0 Å². The Morgan fingerprint density at radius 1 is 1.11 bits per heavy atom. The van der Waals surface area contributed by atoms with Crippen LogP contribution in [0.1, 0.15) is 56.9 Å². The molecule has 2 fully saturated rings. The molecule has 1 aromatic carbocycles. The molecule has 2 nitrogen and oxygen atoms in total. The topological polar surface area (TPSA) is 35.2 Å². The van der Waals surface area contributed by atoms with Gasteiger partial charge < -0.3 is 10.5 Å². The number of halogens is 1. The van der Waals surface area contributed by atoms with Crippen molar-refractivity contribution in [1.82, 2.24) is 0 Å². The molecule has 0 atom stereocenters. The molecule has 0 aromatic heterocycles. The Morgan fingerprint density at radius 3 is 2.47 bits per heavy atom. The van der Waals surface area contributed by atoms with E-state index in [-0.39, 0.29) is 5.54 Å². The third kappa shape index (κ3) is 2.82. The summed E-state index contributed by atoms with van der Waals surface area (Å²) in [5, 5.41) is 0. The molecule has 2 N–H and O–H groups in total. The van der Waals surface area contributed by atoms with E-state index in [0.29, 0.717) is 6.10 Å². The summed E-state index contributed by atoms with van der Waals surface area (Å²) >= 11 is 3.57. The van der Waals surface area contributed by atoms with Gasteiger partial charge in [-0.2, -0.15) is 0 Å². The molecule has 3 heteroatoms. The van der Waals surface area contributed by atoms with Crippen LogP contribution in [-0.2, 0) is 5.54 Å². The van der Waals surface area contributed by atoms with Gasteiger partial charge in [0.1, 0.15) is 5.75 Å². The summed E-state index contributed by atoms with van der Waals surface area (Å²) in [6.45, 7) is 0. The number of nitrogens with two attached hydrogens (primary N) is 1. The molecular weight excluding hydrogens is 302 g/mol. The minimum absolute atomic E-state index is 0.193. The number of benzene rings is 1. The van der Waals surface area contributed by atoms with Gasteiger partial charge in [-0.25, -0.2) is 0 Å². The fourth-order valence-electron chi connectivity index (χ4n) is 3.11. The fourth-order valence-corrected chi connectivity index (χ4v) is 3.48. The second-order valence-electron chi connectivity index (χ2n) is 6.03. The molecule has 2 aliphatic rings. The predicted molar refractivity (Wildman–Crippen MR) is 81.4 cm³/mol. The molecule has 2 saturated carbocycles. The highest BCUT2D eigenvalue weighted by Gasteiger charge is 2.33. The van der Waals surface area contributed by atoms with Gasteiger partial charge in [-0.1, -0.05) is 35.2 Å². The van der Waals surface area contributed by atoms with Crippen LogP contribution >= 0.6 is 15.9 Å². The van der Waals surface area contributed by atoms with E-state index >= 15 is 0 Å². The van der Waals surface area contributed by atoms with E-state index in [1.165, 1.54) is 44.1 Å². The summed E-state index contributed by atoms with van der Waals surface area (Å²) in [6.07, 6.45) is 10.00. The highest BCUT2D eigenvalue weighted by Crippen LogP contribution is 2.41. The third-order valence-corrected chi connectivity index (χ3v) is 5.06. The molecule has 0 aliphatic heterocycles. The zero-order chi connectivity index (χ0) is 13.3. The standard InChI is InChI=1S/C16H22BrNO/c17-12-7-8-15(19-13-5-4-6-13)14(11-12)16(18)9-2-1-3-10-16/h7-8,11,13H,1-6,9-10,18H2. The predicted octanol–water partition coefficient (Wildman–Crippen LogP) is 4.50. The van der Waals surface area contributed by atoms with Gasteiger partial charge in [0.25, 0.3) is 0 Å². The molecule has 0 bridgehead atoms. The lowest BCUT2D eigenvalue weighted by molar-refractivity contribution is 0.115. The van der Waals surface area contributed by atoms with Crippen LogP contribution in [0, 0.1) is 0 Å². The average Bonchev–Trinajstić information content (AvgIpc) is 2.36. The molecule has 0 unspecified atom stereocenters. The first-order valence-corrected chi connectivity index (χ1v) is 8.22.